The second-order valence-corrected chi connectivity index (χ2v) is 13.2. The zero-order valence-corrected chi connectivity index (χ0v) is 25.0. The van der Waals surface area contributed by atoms with Gasteiger partial charge in [-0.2, -0.15) is 0 Å². The van der Waals surface area contributed by atoms with Gasteiger partial charge in [0.1, 0.15) is 0 Å². The zero-order valence-electron chi connectivity index (χ0n) is 22.2. The van der Waals surface area contributed by atoms with Crippen molar-refractivity contribution in [3.05, 3.63) is 12.2 Å². The number of aliphatic carboxylic acids is 1. The maximum atomic E-state index is 10.9. The summed E-state index contributed by atoms with van der Waals surface area (Å²) >= 11 is 0.0736. The van der Waals surface area contributed by atoms with Gasteiger partial charge in [-0.1, -0.05) is 39.0 Å². The van der Waals surface area contributed by atoms with E-state index < -0.39 is 11.9 Å². The fraction of sp³-hybridized carbons (Fsp3) is 0.857. The Labute approximate surface area is 215 Å². The van der Waals surface area contributed by atoms with Crippen molar-refractivity contribution in [1.29, 1.82) is 0 Å². The molecule has 33 heavy (non-hydrogen) atoms. The Morgan fingerprint density at radius 1 is 0.606 bits per heavy atom. The Morgan fingerprint density at radius 3 is 1.42 bits per heavy atom. The van der Waals surface area contributed by atoms with Crippen LogP contribution in [0.25, 0.3) is 0 Å². The van der Waals surface area contributed by atoms with E-state index in [0.29, 0.717) is 6.61 Å². The maximum absolute atomic E-state index is 10.9. The van der Waals surface area contributed by atoms with E-state index in [9.17, 15) is 9.59 Å². The Bertz CT molecular complexity index is 424. The molecule has 0 fully saturated rings. The van der Waals surface area contributed by atoms with Crippen molar-refractivity contribution < 1.29 is 19.4 Å². The minimum absolute atomic E-state index is 0.0736. The van der Waals surface area contributed by atoms with Crippen molar-refractivity contribution in [2.24, 2.45) is 0 Å². The first kappa shape index (κ1) is 34.6. The molecule has 0 aliphatic heterocycles. The quantitative estimate of drug-likeness (QED) is 0.0575. The van der Waals surface area contributed by atoms with Gasteiger partial charge in [0.05, 0.1) is 6.61 Å². The Balaban J connectivity index is 0. The second-order valence-electron chi connectivity index (χ2n) is 8.89. The van der Waals surface area contributed by atoms with Gasteiger partial charge in [-0.25, -0.2) is 9.59 Å². The molecule has 0 aromatic rings. The fourth-order valence-corrected chi connectivity index (χ4v) is 7.00. The van der Waals surface area contributed by atoms with Crippen LogP contribution in [0, 0.1) is 0 Å². The second kappa shape index (κ2) is 31.5. The van der Waals surface area contributed by atoms with Crippen molar-refractivity contribution in [3.8, 4) is 0 Å². The van der Waals surface area contributed by atoms with Gasteiger partial charge < -0.3 is 9.84 Å². The van der Waals surface area contributed by atoms with E-state index >= 15 is 0 Å². The number of esters is 1. The molecule has 0 amide bonds. The summed E-state index contributed by atoms with van der Waals surface area (Å²) in [7, 11) is 0. The third kappa shape index (κ3) is 36.2. The first-order chi connectivity index (χ1) is 16.1. The topological polar surface area (TPSA) is 63.6 Å². The average molecular weight is 573 g/mol. The number of hydrogen-bond acceptors (Lipinski definition) is 3. The van der Waals surface area contributed by atoms with E-state index in [2.05, 4.69) is 20.8 Å². The van der Waals surface area contributed by atoms with Crippen LogP contribution in [0.2, 0.25) is 8.87 Å². The summed E-state index contributed by atoms with van der Waals surface area (Å²) in [6.07, 6.45) is 26.3. The monoisotopic (exact) mass is 574 g/mol. The van der Waals surface area contributed by atoms with Crippen molar-refractivity contribution in [2.75, 3.05) is 6.61 Å². The summed E-state index contributed by atoms with van der Waals surface area (Å²) in [5.41, 5.74) is 0. The van der Waals surface area contributed by atoms with Crippen LogP contribution in [-0.2, 0) is 14.3 Å². The van der Waals surface area contributed by atoms with Crippen LogP contribution in [-0.4, -0.2) is 44.8 Å². The SMILES string of the molecule is CCCCCCCCOC(=O)/C=C\C(=O)O.CCCCCCC[CH2][Sn][CH2]CCCCCCC. The first-order valence-corrected chi connectivity index (χ1v) is 17.9. The van der Waals surface area contributed by atoms with Gasteiger partial charge in [-0.3, -0.25) is 0 Å². The molecule has 0 saturated carbocycles. The molecule has 0 aromatic carbocycles. The minimum atomic E-state index is -1.14. The van der Waals surface area contributed by atoms with Gasteiger partial charge >= 0.3 is 133 Å². The molecule has 0 aliphatic carbocycles. The third-order valence-electron chi connectivity index (χ3n) is 5.52. The number of hydrogen-bond donors (Lipinski definition) is 1. The first-order valence-electron chi connectivity index (χ1n) is 13.9. The van der Waals surface area contributed by atoms with Gasteiger partial charge in [-0.15, -0.1) is 0 Å². The third-order valence-corrected chi connectivity index (χ3v) is 9.55. The van der Waals surface area contributed by atoms with Crippen LogP contribution in [0.15, 0.2) is 12.2 Å². The summed E-state index contributed by atoms with van der Waals surface area (Å²) < 4.78 is 8.12. The number of carboxylic acids is 1. The molecule has 0 aromatic heterocycles. The number of carbonyl (C=O) groups excluding carboxylic acids is 1. The standard InChI is InChI=1S/C12H20O4.2C8H17.Sn/c1-2-3-4-5-6-7-10-16-12(15)9-8-11(13)14;2*1-3-5-7-8-6-4-2;/h8-9H,2-7,10H2,1H3,(H,13,14);2*1,3-8H2,2H3;/b9-8-;;;. The molecule has 0 spiro atoms. The molecule has 0 rings (SSSR count). The van der Waals surface area contributed by atoms with Crippen molar-refractivity contribution in [1.82, 2.24) is 0 Å². The molecule has 4 nitrogen and oxygen atoms in total. The molecule has 0 saturated heterocycles. The molecule has 1 N–H and O–H groups in total. The average Bonchev–Trinajstić information content (AvgIpc) is 2.80. The summed E-state index contributed by atoms with van der Waals surface area (Å²) in [6.45, 7) is 7.13. The van der Waals surface area contributed by atoms with E-state index in [-0.39, 0.29) is 21.1 Å². The van der Waals surface area contributed by atoms with Gasteiger partial charge in [0, 0.05) is 12.2 Å². The van der Waals surface area contributed by atoms with Crippen LogP contribution in [0.3, 0.4) is 0 Å². The number of rotatable bonds is 23. The van der Waals surface area contributed by atoms with E-state index in [0.717, 1.165) is 31.4 Å². The molecular weight excluding hydrogens is 519 g/mol. The molecule has 0 heterocycles. The zero-order chi connectivity index (χ0) is 24.8. The van der Waals surface area contributed by atoms with Crippen LogP contribution in [0.4, 0.5) is 0 Å². The Hall–Kier alpha value is -0.521. The number of ether oxygens (including phenoxy) is 1. The van der Waals surface area contributed by atoms with Crippen LogP contribution >= 0.6 is 0 Å². The van der Waals surface area contributed by atoms with Crippen LogP contribution < -0.4 is 0 Å². The molecule has 0 aliphatic rings. The summed E-state index contributed by atoms with van der Waals surface area (Å²) in [5, 5.41) is 8.26. The molecule has 0 atom stereocenters. The predicted octanol–water partition coefficient (Wildman–Crippen LogP) is 8.78. The predicted molar refractivity (Wildman–Crippen MR) is 143 cm³/mol. The molecule has 5 heteroatoms. The number of carboxylic acid groups (broad SMARTS) is 1. The summed E-state index contributed by atoms with van der Waals surface area (Å²) in [6, 6.07) is 0. The van der Waals surface area contributed by atoms with Crippen molar-refractivity contribution in [3.63, 3.8) is 0 Å². The molecular formula is C28H54O4Sn. The molecule has 0 unspecified atom stereocenters. The Morgan fingerprint density at radius 2 is 1.00 bits per heavy atom. The van der Waals surface area contributed by atoms with Crippen LogP contribution in [0.5, 0.6) is 0 Å². The van der Waals surface area contributed by atoms with Crippen molar-refractivity contribution in [2.45, 2.75) is 145 Å². The van der Waals surface area contributed by atoms with E-state index in [1.165, 1.54) is 83.5 Å². The van der Waals surface area contributed by atoms with Gasteiger partial charge in [0.2, 0.25) is 0 Å². The van der Waals surface area contributed by atoms with Crippen molar-refractivity contribution >= 4 is 33.1 Å². The Kier molecular flexibility index (Phi) is 33.0. The summed E-state index contributed by atoms with van der Waals surface area (Å²) in [5.74, 6) is -1.73. The summed E-state index contributed by atoms with van der Waals surface area (Å²) in [4.78, 5) is 21.0. The van der Waals surface area contributed by atoms with Gasteiger partial charge in [0.25, 0.3) is 0 Å². The van der Waals surface area contributed by atoms with Gasteiger partial charge in [0.15, 0.2) is 0 Å². The van der Waals surface area contributed by atoms with E-state index in [1.54, 1.807) is 21.7 Å². The molecule has 0 bridgehead atoms. The van der Waals surface area contributed by atoms with E-state index in [4.69, 9.17) is 9.84 Å². The normalized spacial score (nSPS) is 10.8. The van der Waals surface area contributed by atoms with E-state index in [1.807, 2.05) is 0 Å². The fourth-order valence-electron chi connectivity index (χ4n) is 3.43. The number of carbonyl (C=O) groups is 2. The molecule has 2 radical (unpaired) electrons. The number of unbranched alkanes of at least 4 members (excludes halogenated alkanes) is 15. The van der Waals surface area contributed by atoms with Gasteiger partial charge in [-0.05, 0) is 6.42 Å². The molecule has 194 valence electrons. The van der Waals surface area contributed by atoms with Crippen LogP contribution in [0.1, 0.15) is 136 Å².